The van der Waals surface area contributed by atoms with Gasteiger partial charge in [0.1, 0.15) is 18.2 Å². The van der Waals surface area contributed by atoms with E-state index in [0.717, 1.165) is 30.7 Å². The molecule has 1 saturated heterocycles. The first kappa shape index (κ1) is 16.6. The Bertz CT molecular complexity index is 684. The number of ether oxygens (including phenoxy) is 1. The minimum Gasteiger partial charge on any atom is -0.445 e. The number of methoxy groups -OCH3 is 1. The molecular formula is C18H21FN2O3. The van der Waals surface area contributed by atoms with Gasteiger partial charge in [-0.15, -0.1) is 0 Å². The van der Waals surface area contributed by atoms with E-state index >= 15 is 0 Å². The Kier molecular flexibility index (Phi) is 5.25. The molecular weight excluding hydrogens is 311 g/mol. The fourth-order valence-electron chi connectivity index (χ4n) is 3.02. The average molecular weight is 332 g/mol. The molecule has 1 amide bonds. The largest absolute Gasteiger partial charge is 0.445 e. The van der Waals surface area contributed by atoms with Gasteiger partial charge in [0.05, 0.1) is 12.1 Å². The zero-order valence-corrected chi connectivity index (χ0v) is 13.7. The molecule has 1 fully saturated rings. The van der Waals surface area contributed by atoms with Crippen molar-refractivity contribution in [2.24, 2.45) is 0 Å². The molecule has 1 aliphatic heterocycles. The normalized spacial score (nSPS) is 17.9. The summed E-state index contributed by atoms with van der Waals surface area (Å²) in [5, 5.41) is 0. The monoisotopic (exact) mass is 332 g/mol. The molecule has 24 heavy (non-hydrogen) atoms. The van der Waals surface area contributed by atoms with Crippen LogP contribution in [-0.4, -0.2) is 42.6 Å². The summed E-state index contributed by atoms with van der Waals surface area (Å²) < 4.78 is 23.7. The SMILES string of the molecule is COCC(=O)N1CCC[C@H](c2ncc(Cc3ccc(F)cc3)o2)C1. The summed E-state index contributed by atoms with van der Waals surface area (Å²) in [6.07, 6.45) is 4.17. The van der Waals surface area contributed by atoms with Crippen LogP contribution in [0.3, 0.4) is 0 Å². The van der Waals surface area contributed by atoms with Crippen molar-refractivity contribution in [3.05, 3.63) is 53.5 Å². The molecule has 0 aliphatic carbocycles. The second-order valence-corrected chi connectivity index (χ2v) is 6.08. The number of oxazole rings is 1. The van der Waals surface area contributed by atoms with Crippen LogP contribution in [0.15, 0.2) is 34.9 Å². The van der Waals surface area contributed by atoms with Gasteiger partial charge in [-0.25, -0.2) is 9.37 Å². The second kappa shape index (κ2) is 7.57. The van der Waals surface area contributed by atoms with Crippen molar-refractivity contribution in [1.82, 2.24) is 9.88 Å². The maximum Gasteiger partial charge on any atom is 0.248 e. The molecule has 2 heterocycles. The Morgan fingerprint density at radius 2 is 2.21 bits per heavy atom. The number of rotatable bonds is 5. The summed E-state index contributed by atoms with van der Waals surface area (Å²) in [6, 6.07) is 6.35. The number of likely N-dealkylation sites (tertiary alicyclic amines) is 1. The predicted molar refractivity (Wildman–Crippen MR) is 86.1 cm³/mol. The van der Waals surface area contributed by atoms with E-state index in [1.807, 2.05) is 4.90 Å². The summed E-state index contributed by atoms with van der Waals surface area (Å²) in [6.45, 7) is 1.47. The Hall–Kier alpha value is -2.21. The quantitative estimate of drug-likeness (QED) is 0.845. The molecule has 0 bridgehead atoms. The number of aromatic nitrogens is 1. The summed E-state index contributed by atoms with van der Waals surface area (Å²) >= 11 is 0. The highest BCUT2D eigenvalue weighted by molar-refractivity contribution is 5.77. The molecule has 6 heteroatoms. The number of amides is 1. The number of hydrogen-bond donors (Lipinski definition) is 0. The summed E-state index contributed by atoms with van der Waals surface area (Å²) in [7, 11) is 1.52. The minimum atomic E-state index is -0.250. The van der Waals surface area contributed by atoms with E-state index in [9.17, 15) is 9.18 Å². The van der Waals surface area contributed by atoms with E-state index in [1.54, 1.807) is 18.3 Å². The van der Waals surface area contributed by atoms with Gasteiger partial charge in [0, 0.05) is 26.6 Å². The van der Waals surface area contributed by atoms with Crippen LogP contribution < -0.4 is 0 Å². The first-order valence-electron chi connectivity index (χ1n) is 8.11. The lowest BCUT2D eigenvalue weighted by Gasteiger charge is -2.31. The molecule has 3 rings (SSSR count). The van der Waals surface area contributed by atoms with E-state index in [2.05, 4.69) is 4.98 Å². The molecule has 0 radical (unpaired) electrons. The lowest BCUT2D eigenvalue weighted by atomic mass is 9.98. The Labute approximate surface area is 140 Å². The van der Waals surface area contributed by atoms with Crippen LogP contribution in [0.2, 0.25) is 0 Å². The van der Waals surface area contributed by atoms with Crippen molar-refractivity contribution in [3.63, 3.8) is 0 Å². The molecule has 0 saturated carbocycles. The van der Waals surface area contributed by atoms with Gasteiger partial charge in [-0.1, -0.05) is 12.1 Å². The van der Waals surface area contributed by atoms with E-state index in [0.29, 0.717) is 18.9 Å². The first-order valence-corrected chi connectivity index (χ1v) is 8.11. The van der Waals surface area contributed by atoms with Gasteiger partial charge >= 0.3 is 0 Å². The van der Waals surface area contributed by atoms with Crippen LogP contribution in [0.25, 0.3) is 0 Å². The Morgan fingerprint density at radius 1 is 1.42 bits per heavy atom. The molecule has 5 nitrogen and oxygen atoms in total. The highest BCUT2D eigenvalue weighted by Gasteiger charge is 2.27. The van der Waals surface area contributed by atoms with E-state index < -0.39 is 0 Å². The molecule has 0 unspecified atom stereocenters. The standard InChI is InChI=1S/C18H21FN2O3/c1-23-12-17(22)21-8-2-3-14(11-21)18-20-10-16(24-18)9-13-4-6-15(19)7-5-13/h4-7,10,14H,2-3,8-9,11-12H2,1H3/t14-/m0/s1. The third kappa shape index (κ3) is 4.00. The zero-order valence-electron chi connectivity index (χ0n) is 13.7. The lowest BCUT2D eigenvalue weighted by Crippen LogP contribution is -2.40. The molecule has 0 spiro atoms. The van der Waals surface area contributed by atoms with Crippen LogP contribution in [0.5, 0.6) is 0 Å². The maximum atomic E-state index is 13.0. The van der Waals surface area contributed by atoms with Gasteiger partial charge in [-0.2, -0.15) is 0 Å². The Morgan fingerprint density at radius 3 is 2.96 bits per heavy atom. The maximum absolute atomic E-state index is 13.0. The third-order valence-corrected chi connectivity index (χ3v) is 4.25. The topological polar surface area (TPSA) is 55.6 Å². The van der Waals surface area contributed by atoms with Crippen LogP contribution in [0, 0.1) is 5.82 Å². The van der Waals surface area contributed by atoms with E-state index in [1.165, 1.54) is 19.2 Å². The summed E-state index contributed by atoms with van der Waals surface area (Å²) in [5.41, 5.74) is 0.972. The zero-order chi connectivity index (χ0) is 16.9. The number of piperidine rings is 1. The van der Waals surface area contributed by atoms with Gasteiger partial charge in [-0.3, -0.25) is 4.79 Å². The van der Waals surface area contributed by atoms with Gasteiger partial charge in [0.15, 0.2) is 5.89 Å². The summed E-state index contributed by atoms with van der Waals surface area (Å²) in [5.74, 6) is 1.28. The van der Waals surface area contributed by atoms with Crippen molar-refractivity contribution in [3.8, 4) is 0 Å². The van der Waals surface area contributed by atoms with Gasteiger partial charge in [0.2, 0.25) is 5.91 Å². The number of hydrogen-bond acceptors (Lipinski definition) is 4. The van der Waals surface area contributed by atoms with Gasteiger partial charge < -0.3 is 14.1 Å². The third-order valence-electron chi connectivity index (χ3n) is 4.25. The molecule has 128 valence electrons. The fraction of sp³-hybridized carbons (Fsp3) is 0.444. The number of halogens is 1. The van der Waals surface area contributed by atoms with Crippen molar-refractivity contribution >= 4 is 5.91 Å². The number of carbonyl (C=O) groups excluding carboxylic acids is 1. The molecule has 1 aromatic heterocycles. The Balaban J connectivity index is 1.64. The number of nitrogens with zero attached hydrogens (tertiary/aromatic N) is 2. The van der Waals surface area contributed by atoms with Crippen LogP contribution in [-0.2, 0) is 16.0 Å². The second-order valence-electron chi connectivity index (χ2n) is 6.08. The molecule has 1 aromatic carbocycles. The lowest BCUT2D eigenvalue weighted by molar-refractivity contribution is -0.136. The fourth-order valence-corrected chi connectivity index (χ4v) is 3.02. The van der Waals surface area contributed by atoms with Gasteiger partial charge in [0.25, 0.3) is 0 Å². The highest BCUT2D eigenvalue weighted by Crippen LogP contribution is 2.27. The first-order chi connectivity index (χ1) is 11.7. The van der Waals surface area contributed by atoms with Crippen molar-refractivity contribution in [2.75, 3.05) is 26.8 Å². The number of benzene rings is 1. The van der Waals surface area contributed by atoms with Crippen LogP contribution in [0.1, 0.15) is 36.0 Å². The minimum absolute atomic E-state index is 0.000270. The van der Waals surface area contributed by atoms with Crippen molar-refractivity contribution < 1.29 is 18.3 Å². The predicted octanol–water partition coefficient (Wildman–Crippen LogP) is 2.76. The van der Waals surface area contributed by atoms with E-state index in [4.69, 9.17) is 9.15 Å². The highest BCUT2D eigenvalue weighted by atomic mass is 19.1. The molecule has 2 aromatic rings. The van der Waals surface area contributed by atoms with E-state index in [-0.39, 0.29) is 24.2 Å². The van der Waals surface area contributed by atoms with Crippen LogP contribution in [0.4, 0.5) is 4.39 Å². The van der Waals surface area contributed by atoms with Crippen molar-refractivity contribution in [1.29, 1.82) is 0 Å². The van der Waals surface area contributed by atoms with Crippen LogP contribution >= 0.6 is 0 Å². The molecule has 1 aliphatic rings. The van der Waals surface area contributed by atoms with Gasteiger partial charge in [-0.05, 0) is 30.5 Å². The summed E-state index contributed by atoms with van der Waals surface area (Å²) in [4.78, 5) is 18.2. The molecule has 1 atom stereocenters. The molecule has 0 N–H and O–H groups in total. The smallest absolute Gasteiger partial charge is 0.248 e. The number of carbonyl (C=O) groups is 1. The average Bonchev–Trinajstić information content (AvgIpc) is 3.06. The van der Waals surface area contributed by atoms with Crippen molar-refractivity contribution in [2.45, 2.75) is 25.2 Å².